The molecule has 0 radical (unpaired) electrons. The molecule has 8 heteroatoms. The standard InChI is InChI=1S/C20H22N4O2S.ClH/c1-14-13-27-20-22-11-17(19(26)24(14)20)18(25)23(16-7-3-2-4-8-16)12-15-6-5-9-21-10-15;/h5-6,9-11,13,16H,2-4,7-8,12H2,1H3;1H. The van der Waals surface area contributed by atoms with Crippen LogP contribution in [0.15, 0.2) is 40.9 Å². The molecule has 1 fully saturated rings. The SMILES string of the molecule is Cc1csc2ncc(C(=O)N(Cc3cccnc3)C3CCCCC3)c(=O)n12.Cl. The Bertz CT molecular complexity index is 1010. The summed E-state index contributed by atoms with van der Waals surface area (Å²) in [5.41, 5.74) is 1.63. The number of hydrogen-bond donors (Lipinski definition) is 0. The number of nitrogens with zero attached hydrogens (tertiary/aromatic N) is 4. The molecule has 28 heavy (non-hydrogen) atoms. The molecule has 1 aliphatic rings. The van der Waals surface area contributed by atoms with Gasteiger partial charge < -0.3 is 4.90 Å². The highest BCUT2D eigenvalue weighted by Gasteiger charge is 2.29. The number of fused-ring (bicyclic) bond motifs is 1. The van der Waals surface area contributed by atoms with Gasteiger partial charge in [0.25, 0.3) is 11.5 Å². The van der Waals surface area contributed by atoms with Crippen molar-refractivity contribution in [3.8, 4) is 0 Å². The van der Waals surface area contributed by atoms with Crippen LogP contribution >= 0.6 is 23.7 Å². The normalized spacial score (nSPS) is 14.6. The molecule has 3 heterocycles. The summed E-state index contributed by atoms with van der Waals surface area (Å²) in [4.78, 5) is 37.3. The van der Waals surface area contributed by atoms with Crippen molar-refractivity contribution in [2.45, 2.75) is 51.6 Å². The minimum absolute atomic E-state index is 0. The zero-order valence-electron chi connectivity index (χ0n) is 15.7. The van der Waals surface area contributed by atoms with Crippen molar-refractivity contribution < 1.29 is 4.79 Å². The molecule has 1 aliphatic carbocycles. The van der Waals surface area contributed by atoms with Crippen molar-refractivity contribution in [3.05, 3.63) is 63.3 Å². The number of amides is 1. The lowest BCUT2D eigenvalue weighted by atomic mass is 9.93. The lowest BCUT2D eigenvalue weighted by Crippen LogP contribution is -2.43. The Morgan fingerprint density at radius 1 is 1.29 bits per heavy atom. The Hall–Kier alpha value is -2.25. The average molecular weight is 419 g/mol. The van der Waals surface area contributed by atoms with Crippen molar-refractivity contribution >= 4 is 34.6 Å². The van der Waals surface area contributed by atoms with Gasteiger partial charge in [-0.05, 0) is 31.4 Å². The number of aromatic nitrogens is 3. The van der Waals surface area contributed by atoms with E-state index in [4.69, 9.17) is 0 Å². The molecule has 3 aromatic rings. The van der Waals surface area contributed by atoms with Gasteiger partial charge in [0.1, 0.15) is 5.56 Å². The fraction of sp³-hybridized carbons (Fsp3) is 0.400. The van der Waals surface area contributed by atoms with Crippen LogP contribution in [0.4, 0.5) is 0 Å². The topological polar surface area (TPSA) is 67.6 Å². The number of aryl methyl sites for hydroxylation is 1. The number of thiazole rings is 1. The van der Waals surface area contributed by atoms with Gasteiger partial charge in [-0.3, -0.25) is 19.0 Å². The van der Waals surface area contributed by atoms with Crippen LogP contribution in [0.1, 0.15) is 53.7 Å². The third kappa shape index (κ3) is 3.95. The minimum atomic E-state index is -0.282. The van der Waals surface area contributed by atoms with E-state index in [9.17, 15) is 9.59 Å². The van der Waals surface area contributed by atoms with Crippen LogP contribution in [0.3, 0.4) is 0 Å². The maximum absolute atomic E-state index is 13.4. The molecule has 6 nitrogen and oxygen atoms in total. The maximum atomic E-state index is 13.4. The number of carbonyl (C=O) groups is 1. The molecule has 148 valence electrons. The van der Waals surface area contributed by atoms with E-state index in [0.29, 0.717) is 11.5 Å². The first-order valence-electron chi connectivity index (χ1n) is 9.31. The predicted octanol–water partition coefficient (Wildman–Crippen LogP) is 3.86. The Labute approximate surface area is 173 Å². The second-order valence-corrected chi connectivity index (χ2v) is 7.89. The quantitative estimate of drug-likeness (QED) is 0.645. The minimum Gasteiger partial charge on any atom is -0.331 e. The first-order valence-corrected chi connectivity index (χ1v) is 10.2. The van der Waals surface area contributed by atoms with Gasteiger partial charge in [0.15, 0.2) is 4.96 Å². The summed E-state index contributed by atoms with van der Waals surface area (Å²) in [5.74, 6) is -0.233. The Morgan fingerprint density at radius 3 is 2.79 bits per heavy atom. The summed E-state index contributed by atoms with van der Waals surface area (Å²) < 4.78 is 1.53. The summed E-state index contributed by atoms with van der Waals surface area (Å²) in [6.07, 6.45) is 10.3. The van der Waals surface area contributed by atoms with Crippen molar-refractivity contribution in [2.24, 2.45) is 0 Å². The zero-order chi connectivity index (χ0) is 18.8. The molecule has 0 atom stereocenters. The third-order valence-electron chi connectivity index (χ3n) is 5.20. The smallest absolute Gasteiger partial charge is 0.271 e. The van der Waals surface area contributed by atoms with Gasteiger partial charge in [-0.25, -0.2) is 4.98 Å². The van der Waals surface area contributed by atoms with E-state index >= 15 is 0 Å². The molecular formula is C20H23ClN4O2S. The highest BCUT2D eigenvalue weighted by atomic mass is 35.5. The van der Waals surface area contributed by atoms with Crippen LogP contribution in [0.5, 0.6) is 0 Å². The summed E-state index contributed by atoms with van der Waals surface area (Å²) in [6.45, 7) is 2.32. The van der Waals surface area contributed by atoms with Crippen molar-refractivity contribution in [1.82, 2.24) is 19.3 Å². The highest BCUT2D eigenvalue weighted by molar-refractivity contribution is 7.15. The molecule has 0 saturated heterocycles. The van der Waals surface area contributed by atoms with Crippen molar-refractivity contribution in [2.75, 3.05) is 0 Å². The first kappa shape index (κ1) is 20.5. The van der Waals surface area contributed by atoms with Crippen LogP contribution in [0.2, 0.25) is 0 Å². The van der Waals surface area contributed by atoms with E-state index in [2.05, 4.69) is 9.97 Å². The number of rotatable bonds is 4. The monoisotopic (exact) mass is 418 g/mol. The number of carbonyl (C=O) groups excluding carboxylic acids is 1. The number of hydrogen-bond acceptors (Lipinski definition) is 5. The lowest BCUT2D eigenvalue weighted by Gasteiger charge is -2.34. The van der Waals surface area contributed by atoms with Crippen LogP contribution in [0.25, 0.3) is 4.96 Å². The molecule has 0 aliphatic heterocycles. The van der Waals surface area contributed by atoms with E-state index < -0.39 is 0 Å². The van der Waals surface area contributed by atoms with Crippen LogP contribution in [-0.2, 0) is 6.54 Å². The molecule has 0 bridgehead atoms. The zero-order valence-corrected chi connectivity index (χ0v) is 17.3. The van der Waals surface area contributed by atoms with E-state index in [-0.39, 0.29) is 35.5 Å². The molecule has 3 aromatic heterocycles. The predicted molar refractivity (Wildman–Crippen MR) is 112 cm³/mol. The summed E-state index contributed by atoms with van der Waals surface area (Å²) in [6, 6.07) is 3.99. The third-order valence-corrected chi connectivity index (χ3v) is 6.16. The first-order chi connectivity index (χ1) is 13.1. The summed E-state index contributed by atoms with van der Waals surface area (Å²) in [7, 11) is 0. The number of halogens is 1. The van der Waals surface area contributed by atoms with Gasteiger partial charge in [-0.2, -0.15) is 0 Å². The fourth-order valence-corrected chi connectivity index (χ4v) is 4.60. The second kappa shape index (κ2) is 8.84. The van der Waals surface area contributed by atoms with Crippen molar-refractivity contribution in [1.29, 1.82) is 0 Å². The Kier molecular flexibility index (Phi) is 6.46. The van der Waals surface area contributed by atoms with Crippen LogP contribution in [-0.4, -0.2) is 31.2 Å². The van der Waals surface area contributed by atoms with Gasteiger partial charge in [0.05, 0.1) is 0 Å². The maximum Gasteiger partial charge on any atom is 0.271 e. The van der Waals surface area contributed by atoms with Gasteiger partial charge in [-0.1, -0.05) is 25.3 Å². The van der Waals surface area contributed by atoms with Gasteiger partial charge in [0, 0.05) is 42.3 Å². The van der Waals surface area contributed by atoms with E-state index in [0.717, 1.165) is 36.9 Å². The Balaban J connectivity index is 0.00000225. The summed E-state index contributed by atoms with van der Waals surface area (Å²) >= 11 is 1.41. The van der Waals surface area contributed by atoms with Crippen molar-refractivity contribution in [3.63, 3.8) is 0 Å². The van der Waals surface area contributed by atoms with Gasteiger partial charge in [-0.15, -0.1) is 23.7 Å². The molecule has 0 aromatic carbocycles. The average Bonchev–Trinajstić information content (AvgIpc) is 3.09. The van der Waals surface area contributed by atoms with Gasteiger partial charge >= 0.3 is 0 Å². The van der Waals surface area contributed by atoms with E-state index in [1.54, 1.807) is 12.4 Å². The van der Waals surface area contributed by atoms with Crippen LogP contribution in [0, 0.1) is 6.92 Å². The van der Waals surface area contributed by atoms with E-state index in [1.165, 1.54) is 28.4 Å². The molecule has 1 saturated carbocycles. The highest BCUT2D eigenvalue weighted by Crippen LogP contribution is 2.25. The molecule has 1 amide bonds. The Morgan fingerprint density at radius 2 is 2.07 bits per heavy atom. The fourth-order valence-electron chi connectivity index (χ4n) is 3.77. The molecule has 0 N–H and O–H groups in total. The molecule has 0 unspecified atom stereocenters. The van der Waals surface area contributed by atoms with Crippen LogP contribution < -0.4 is 5.56 Å². The largest absolute Gasteiger partial charge is 0.331 e. The summed E-state index contributed by atoms with van der Waals surface area (Å²) in [5, 5.41) is 1.88. The molecule has 0 spiro atoms. The van der Waals surface area contributed by atoms with Gasteiger partial charge in [0.2, 0.25) is 0 Å². The van der Waals surface area contributed by atoms with E-state index in [1.807, 2.05) is 29.3 Å². The lowest BCUT2D eigenvalue weighted by molar-refractivity contribution is 0.0611. The molecule has 4 rings (SSSR count). The molecular weight excluding hydrogens is 396 g/mol. The number of pyridine rings is 1. The second-order valence-electron chi connectivity index (χ2n) is 7.06.